The summed E-state index contributed by atoms with van der Waals surface area (Å²) in [5.74, 6) is 0.739. The summed E-state index contributed by atoms with van der Waals surface area (Å²) in [6.07, 6.45) is 3.41. The molecule has 5 heteroatoms. The van der Waals surface area contributed by atoms with Gasteiger partial charge in [-0.3, -0.25) is 4.79 Å². The summed E-state index contributed by atoms with van der Waals surface area (Å²) in [7, 11) is 0. The molecule has 0 aromatic carbocycles. The number of rotatable bonds is 6. The predicted molar refractivity (Wildman–Crippen MR) is 62.0 cm³/mol. The number of hydrogen-bond acceptors (Lipinski definition) is 4. The lowest BCUT2D eigenvalue weighted by atomic mass is 10.1. The van der Waals surface area contributed by atoms with E-state index in [2.05, 4.69) is 10.1 Å². The molecule has 5 nitrogen and oxygen atoms in total. The topological polar surface area (TPSA) is 73.8 Å². The number of nitrogens with two attached hydrogens (primary N) is 1. The van der Waals surface area contributed by atoms with Gasteiger partial charge in [-0.15, -0.1) is 0 Å². The van der Waals surface area contributed by atoms with Crippen LogP contribution in [0.1, 0.15) is 45.5 Å². The van der Waals surface area contributed by atoms with Crippen LogP contribution in [0.4, 0.5) is 0 Å². The van der Waals surface area contributed by atoms with Crippen molar-refractivity contribution in [1.29, 1.82) is 0 Å². The maximum atomic E-state index is 11.8. The highest BCUT2D eigenvalue weighted by Gasteiger charge is 2.17. The number of aromatic nitrogens is 3. The third kappa shape index (κ3) is 3.13. The van der Waals surface area contributed by atoms with Crippen LogP contribution < -0.4 is 5.73 Å². The molecule has 0 radical (unpaired) electrons. The largest absolute Gasteiger partial charge is 0.321 e. The van der Waals surface area contributed by atoms with Crippen molar-refractivity contribution in [2.45, 2.75) is 52.1 Å². The van der Waals surface area contributed by atoms with E-state index in [4.69, 9.17) is 5.73 Å². The van der Waals surface area contributed by atoms with Crippen molar-refractivity contribution in [3.05, 3.63) is 12.2 Å². The fourth-order valence-electron chi connectivity index (χ4n) is 1.59. The molecule has 1 aromatic rings. The molecular weight excluding hydrogens is 204 g/mol. The van der Waals surface area contributed by atoms with Crippen molar-refractivity contribution in [3.8, 4) is 0 Å². The number of ketones is 1. The minimum Gasteiger partial charge on any atom is -0.321 e. The van der Waals surface area contributed by atoms with Gasteiger partial charge in [0.15, 0.2) is 5.78 Å². The zero-order valence-electron chi connectivity index (χ0n) is 10.2. The maximum absolute atomic E-state index is 11.8. The van der Waals surface area contributed by atoms with E-state index in [9.17, 15) is 4.79 Å². The van der Waals surface area contributed by atoms with Gasteiger partial charge < -0.3 is 5.73 Å². The second-order valence-electron chi connectivity index (χ2n) is 4.25. The first-order chi connectivity index (χ1) is 7.56. The summed E-state index contributed by atoms with van der Waals surface area (Å²) in [6.45, 7) is 6.03. The summed E-state index contributed by atoms with van der Waals surface area (Å²) in [4.78, 5) is 15.9. The van der Waals surface area contributed by atoms with Gasteiger partial charge >= 0.3 is 0 Å². The lowest BCUT2D eigenvalue weighted by Crippen LogP contribution is -2.32. The van der Waals surface area contributed by atoms with Gasteiger partial charge in [0.05, 0.1) is 12.5 Å². The number of carbonyl (C=O) groups excluding carboxylic acids is 1. The molecule has 1 atom stereocenters. The van der Waals surface area contributed by atoms with Crippen molar-refractivity contribution < 1.29 is 4.79 Å². The second kappa shape index (κ2) is 5.75. The third-order valence-corrected chi connectivity index (χ3v) is 2.48. The summed E-state index contributed by atoms with van der Waals surface area (Å²) in [5.41, 5.74) is 5.76. The maximum Gasteiger partial charge on any atom is 0.157 e. The molecule has 0 bridgehead atoms. The first-order valence-corrected chi connectivity index (χ1v) is 5.73. The summed E-state index contributed by atoms with van der Waals surface area (Å²) >= 11 is 0. The van der Waals surface area contributed by atoms with Crippen molar-refractivity contribution in [3.63, 3.8) is 0 Å². The molecule has 0 aliphatic carbocycles. The Labute approximate surface area is 96.0 Å². The Morgan fingerprint density at radius 1 is 1.56 bits per heavy atom. The fraction of sp³-hybridized carbons (Fsp3) is 0.727. The zero-order valence-corrected chi connectivity index (χ0v) is 10.2. The van der Waals surface area contributed by atoms with Crippen LogP contribution in [0.25, 0.3) is 0 Å². The molecule has 0 aliphatic rings. The highest BCUT2D eigenvalue weighted by molar-refractivity contribution is 5.85. The first-order valence-electron chi connectivity index (χ1n) is 5.73. The number of Topliss-reactive ketones (excluding diaryl/α,β-unsaturated/α-hetero) is 1. The van der Waals surface area contributed by atoms with E-state index >= 15 is 0 Å². The minimum atomic E-state index is -0.373. The second-order valence-corrected chi connectivity index (χ2v) is 4.25. The first kappa shape index (κ1) is 12.8. The van der Waals surface area contributed by atoms with E-state index in [0.717, 1.165) is 12.8 Å². The molecule has 0 aliphatic heterocycles. The van der Waals surface area contributed by atoms with E-state index in [1.165, 1.54) is 6.33 Å². The standard InChI is InChI=1S/C11H20N4O/c1-4-5-9(12)10(16)6-11-13-7-14-15(11)8(2)3/h7-9H,4-6,12H2,1-3H3. The van der Waals surface area contributed by atoms with Crippen LogP contribution in [-0.2, 0) is 11.2 Å². The summed E-state index contributed by atoms with van der Waals surface area (Å²) < 4.78 is 1.76. The van der Waals surface area contributed by atoms with Crippen molar-refractivity contribution in [2.75, 3.05) is 0 Å². The normalized spacial score (nSPS) is 13.1. The van der Waals surface area contributed by atoms with Crippen LogP contribution in [0.3, 0.4) is 0 Å². The van der Waals surface area contributed by atoms with Gasteiger partial charge in [-0.1, -0.05) is 13.3 Å². The molecule has 0 spiro atoms. The molecule has 90 valence electrons. The summed E-state index contributed by atoms with van der Waals surface area (Å²) in [6, 6.07) is -0.157. The Morgan fingerprint density at radius 2 is 2.25 bits per heavy atom. The van der Waals surface area contributed by atoms with Gasteiger partial charge in [0.25, 0.3) is 0 Å². The molecule has 0 fully saturated rings. The summed E-state index contributed by atoms with van der Waals surface area (Å²) in [5, 5.41) is 4.09. The predicted octanol–water partition coefficient (Wildman–Crippen LogP) is 1.10. The van der Waals surface area contributed by atoms with Crippen molar-refractivity contribution >= 4 is 5.78 Å². The minimum absolute atomic E-state index is 0.0387. The van der Waals surface area contributed by atoms with Crippen LogP contribution in [0, 0.1) is 0 Å². The van der Waals surface area contributed by atoms with E-state index in [-0.39, 0.29) is 24.3 Å². The molecule has 2 N–H and O–H groups in total. The molecule has 1 aromatic heterocycles. The van der Waals surface area contributed by atoms with Crippen LogP contribution in [-0.4, -0.2) is 26.6 Å². The van der Waals surface area contributed by atoms with E-state index in [0.29, 0.717) is 5.82 Å². The molecule has 0 amide bonds. The lowest BCUT2D eigenvalue weighted by Gasteiger charge is -2.11. The average molecular weight is 224 g/mol. The van der Waals surface area contributed by atoms with Gasteiger partial charge in [-0.05, 0) is 20.3 Å². The Hall–Kier alpha value is -1.23. The van der Waals surface area contributed by atoms with Crippen LogP contribution in [0.2, 0.25) is 0 Å². The Balaban J connectivity index is 2.66. The highest BCUT2D eigenvalue weighted by atomic mass is 16.1. The number of nitrogens with zero attached hydrogens (tertiary/aromatic N) is 3. The third-order valence-electron chi connectivity index (χ3n) is 2.48. The lowest BCUT2D eigenvalue weighted by molar-refractivity contribution is -0.119. The monoisotopic (exact) mass is 224 g/mol. The van der Waals surface area contributed by atoms with Gasteiger partial charge in [0.2, 0.25) is 0 Å². The Bertz CT molecular complexity index is 346. The van der Waals surface area contributed by atoms with E-state index < -0.39 is 0 Å². The zero-order chi connectivity index (χ0) is 12.1. The molecular formula is C11H20N4O. The van der Waals surface area contributed by atoms with E-state index in [1.54, 1.807) is 4.68 Å². The number of carbonyl (C=O) groups is 1. The van der Waals surface area contributed by atoms with Gasteiger partial charge in [-0.2, -0.15) is 5.10 Å². The highest BCUT2D eigenvalue weighted by Crippen LogP contribution is 2.07. The molecule has 0 saturated carbocycles. The van der Waals surface area contributed by atoms with Gasteiger partial charge in [0, 0.05) is 6.04 Å². The van der Waals surface area contributed by atoms with Crippen molar-refractivity contribution in [1.82, 2.24) is 14.8 Å². The van der Waals surface area contributed by atoms with Gasteiger partial charge in [0.1, 0.15) is 12.2 Å². The quantitative estimate of drug-likeness (QED) is 0.785. The van der Waals surface area contributed by atoms with E-state index in [1.807, 2.05) is 20.8 Å². The van der Waals surface area contributed by atoms with Crippen LogP contribution in [0.5, 0.6) is 0 Å². The molecule has 1 rings (SSSR count). The Kier molecular flexibility index (Phi) is 4.61. The van der Waals surface area contributed by atoms with Crippen molar-refractivity contribution in [2.24, 2.45) is 5.73 Å². The molecule has 1 unspecified atom stereocenters. The van der Waals surface area contributed by atoms with Crippen LogP contribution >= 0.6 is 0 Å². The SMILES string of the molecule is CCCC(N)C(=O)Cc1ncnn1C(C)C. The average Bonchev–Trinajstić information content (AvgIpc) is 2.66. The molecule has 16 heavy (non-hydrogen) atoms. The van der Waals surface area contributed by atoms with Gasteiger partial charge in [-0.25, -0.2) is 9.67 Å². The number of hydrogen-bond donors (Lipinski definition) is 1. The van der Waals surface area contributed by atoms with Crippen LogP contribution in [0.15, 0.2) is 6.33 Å². The smallest absolute Gasteiger partial charge is 0.157 e. The molecule has 0 saturated heterocycles. The fourth-order valence-corrected chi connectivity index (χ4v) is 1.59. The molecule has 1 heterocycles. The Morgan fingerprint density at radius 3 is 2.81 bits per heavy atom.